The third-order valence-electron chi connectivity index (χ3n) is 3.87. The van der Waals surface area contributed by atoms with Crippen molar-refractivity contribution in [3.63, 3.8) is 0 Å². The van der Waals surface area contributed by atoms with Crippen LogP contribution in [0.15, 0.2) is 12.1 Å². The van der Waals surface area contributed by atoms with Crippen LogP contribution in [0.1, 0.15) is 52.0 Å². The average Bonchev–Trinajstić information content (AvgIpc) is 2.77. The zero-order chi connectivity index (χ0) is 15.4. The lowest BCUT2D eigenvalue weighted by Gasteiger charge is -2.20. The number of unbranched alkanes of at least 4 members (excludes halogenated alkanes) is 1. The van der Waals surface area contributed by atoms with Gasteiger partial charge in [0, 0.05) is 18.2 Å². The second-order valence-corrected chi connectivity index (χ2v) is 5.40. The molecule has 0 aliphatic carbocycles. The second-order valence-electron chi connectivity index (χ2n) is 5.40. The number of fused-ring (bicyclic) bond motifs is 1. The van der Waals surface area contributed by atoms with Crippen molar-refractivity contribution in [3.8, 4) is 5.75 Å². The Kier molecular flexibility index (Phi) is 5.04. The topological polar surface area (TPSA) is 53.1 Å². The van der Waals surface area contributed by atoms with Gasteiger partial charge >= 0.3 is 0 Å². The number of nitrogens with two attached hydrogens (primary N) is 1. The summed E-state index contributed by atoms with van der Waals surface area (Å²) in [6.45, 7) is 4.34. The van der Waals surface area contributed by atoms with Crippen LogP contribution in [0, 0.1) is 5.82 Å². The molecule has 4 nitrogen and oxygen atoms in total. The fourth-order valence-electron chi connectivity index (χ4n) is 2.83. The number of hydrogen-bond acceptors (Lipinski definition) is 3. The van der Waals surface area contributed by atoms with Crippen molar-refractivity contribution in [3.05, 3.63) is 17.9 Å². The maximum absolute atomic E-state index is 13.8. The molecule has 0 bridgehead atoms. The summed E-state index contributed by atoms with van der Waals surface area (Å²) in [7, 11) is 1.47. The van der Waals surface area contributed by atoms with Gasteiger partial charge in [0.2, 0.25) is 5.95 Å². The number of aromatic nitrogens is 2. The Morgan fingerprint density at radius 3 is 2.67 bits per heavy atom. The Balaban J connectivity index is 2.51. The molecular formula is C16H24FN3O. The predicted molar refractivity (Wildman–Crippen MR) is 84.1 cm³/mol. The van der Waals surface area contributed by atoms with Crippen LogP contribution in [-0.2, 0) is 0 Å². The normalized spacial score (nSPS) is 12.8. The first-order chi connectivity index (χ1) is 10.1. The van der Waals surface area contributed by atoms with Crippen LogP contribution in [0.4, 0.5) is 10.3 Å². The van der Waals surface area contributed by atoms with E-state index in [4.69, 9.17) is 10.5 Å². The highest BCUT2D eigenvalue weighted by molar-refractivity contribution is 5.80. The molecule has 2 N–H and O–H groups in total. The number of rotatable bonds is 7. The first-order valence-corrected chi connectivity index (χ1v) is 7.63. The van der Waals surface area contributed by atoms with Gasteiger partial charge in [-0.2, -0.15) is 0 Å². The zero-order valence-electron chi connectivity index (χ0n) is 13.0. The van der Waals surface area contributed by atoms with Crippen LogP contribution in [0.3, 0.4) is 0 Å². The molecule has 1 unspecified atom stereocenters. The van der Waals surface area contributed by atoms with Crippen LogP contribution in [0.2, 0.25) is 0 Å². The summed E-state index contributed by atoms with van der Waals surface area (Å²) >= 11 is 0. The van der Waals surface area contributed by atoms with Gasteiger partial charge in [0.05, 0.1) is 18.1 Å². The predicted octanol–water partition coefficient (Wildman–Crippen LogP) is 4.30. The summed E-state index contributed by atoms with van der Waals surface area (Å²) in [5.74, 6) is 0.275. The van der Waals surface area contributed by atoms with E-state index in [-0.39, 0.29) is 5.75 Å². The molecule has 2 aromatic rings. The molecule has 1 heterocycles. The van der Waals surface area contributed by atoms with Crippen molar-refractivity contribution < 1.29 is 9.13 Å². The van der Waals surface area contributed by atoms with E-state index in [1.165, 1.54) is 13.2 Å². The van der Waals surface area contributed by atoms with Gasteiger partial charge < -0.3 is 15.0 Å². The van der Waals surface area contributed by atoms with Gasteiger partial charge in [0.1, 0.15) is 0 Å². The highest BCUT2D eigenvalue weighted by Gasteiger charge is 2.19. The Morgan fingerprint density at radius 1 is 1.29 bits per heavy atom. The number of halogens is 1. The number of hydrogen-bond donors (Lipinski definition) is 1. The number of benzene rings is 1. The smallest absolute Gasteiger partial charge is 0.201 e. The van der Waals surface area contributed by atoms with Gasteiger partial charge in [-0.25, -0.2) is 9.37 Å². The molecule has 0 aliphatic heterocycles. The molecule has 21 heavy (non-hydrogen) atoms. The highest BCUT2D eigenvalue weighted by atomic mass is 19.1. The van der Waals surface area contributed by atoms with Gasteiger partial charge in [-0.05, 0) is 12.8 Å². The van der Waals surface area contributed by atoms with Gasteiger partial charge in [0.15, 0.2) is 11.6 Å². The zero-order valence-corrected chi connectivity index (χ0v) is 13.0. The van der Waals surface area contributed by atoms with Crippen molar-refractivity contribution in [2.24, 2.45) is 0 Å². The molecule has 0 saturated heterocycles. The van der Waals surface area contributed by atoms with E-state index in [0.29, 0.717) is 17.5 Å². The van der Waals surface area contributed by atoms with Crippen molar-refractivity contribution in [1.29, 1.82) is 0 Å². The lowest BCUT2D eigenvalue weighted by atomic mass is 10.0. The standard InChI is InChI=1S/C16H24FN3O/c1-4-6-8-11(7-5-2)20-14-10-15(21-3)12(17)9-13(14)19-16(20)18/h9-11H,4-8H2,1-3H3,(H2,18,19). The minimum atomic E-state index is -0.407. The molecule has 1 atom stereocenters. The van der Waals surface area contributed by atoms with Crippen molar-refractivity contribution in [2.75, 3.05) is 12.8 Å². The van der Waals surface area contributed by atoms with Crippen molar-refractivity contribution in [2.45, 2.75) is 52.0 Å². The van der Waals surface area contributed by atoms with Crippen LogP contribution >= 0.6 is 0 Å². The fraction of sp³-hybridized carbons (Fsp3) is 0.562. The van der Waals surface area contributed by atoms with Crippen LogP contribution in [-0.4, -0.2) is 16.7 Å². The number of ether oxygens (including phenoxy) is 1. The Morgan fingerprint density at radius 2 is 2.05 bits per heavy atom. The van der Waals surface area contributed by atoms with Gasteiger partial charge in [-0.3, -0.25) is 0 Å². The van der Waals surface area contributed by atoms with Gasteiger partial charge in [0.25, 0.3) is 0 Å². The molecule has 0 amide bonds. The molecule has 0 fully saturated rings. The molecular weight excluding hydrogens is 269 g/mol. The SMILES string of the molecule is CCCCC(CCC)n1c(N)nc2cc(F)c(OC)cc21. The van der Waals surface area contributed by atoms with Crippen molar-refractivity contribution in [1.82, 2.24) is 9.55 Å². The number of anilines is 1. The minimum Gasteiger partial charge on any atom is -0.494 e. The third kappa shape index (κ3) is 3.12. The summed E-state index contributed by atoms with van der Waals surface area (Å²) in [5.41, 5.74) is 7.52. The fourth-order valence-corrected chi connectivity index (χ4v) is 2.83. The number of methoxy groups -OCH3 is 1. The summed E-state index contributed by atoms with van der Waals surface area (Å²) in [4.78, 5) is 4.31. The number of nitrogen functional groups attached to an aromatic ring is 1. The molecule has 0 radical (unpaired) electrons. The van der Waals surface area contributed by atoms with E-state index in [1.807, 2.05) is 4.57 Å². The molecule has 116 valence electrons. The van der Waals surface area contributed by atoms with Crippen LogP contribution in [0.25, 0.3) is 11.0 Å². The van der Waals surface area contributed by atoms with E-state index in [0.717, 1.165) is 37.6 Å². The van der Waals surface area contributed by atoms with Gasteiger partial charge in [-0.1, -0.05) is 33.1 Å². The summed E-state index contributed by atoms with van der Waals surface area (Å²) < 4.78 is 20.9. The molecule has 0 spiro atoms. The molecule has 5 heteroatoms. The third-order valence-corrected chi connectivity index (χ3v) is 3.87. The molecule has 1 aromatic carbocycles. The molecule has 0 saturated carbocycles. The minimum absolute atomic E-state index is 0.231. The lowest BCUT2D eigenvalue weighted by Crippen LogP contribution is -2.12. The molecule has 2 rings (SSSR count). The first-order valence-electron chi connectivity index (χ1n) is 7.63. The maximum atomic E-state index is 13.8. The molecule has 1 aromatic heterocycles. The van der Waals surface area contributed by atoms with E-state index in [9.17, 15) is 4.39 Å². The van der Waals surface area contributed by atoms with E-state index >= 15 is 0 Å². The van der Waals surface area contributed by atoms with Gasteiger partial charge in [-0.15, -0.1) is 0 Å². The molecule has 0 aliphatic rings. The lowest BCUT2D eigenvalue weighted by molar-refractivity contribution is 0.386. The van der Waals surface area contributed by atoms with Crippen LogP contribution < -0.4 is 10.5 Å². The average molecular weight is 293 g/mol. The summed E-state index contributed by atoms with van der Waals surface area (Å²) in [5, 5.41) is 0. The highest BCUT2D eigenvalue weighted by Crippen LogP contribution is 2.32. The quantitative estimate of drug-likeness (QED) is 0.828. The number of nitrogens with zero attached hydrogens (tertiary/aromatic N) is 2. The summed E-state index contributed by atoms with van der Waals surface area (Å²) in [6, 6.07) is 3.39. The van der Waals surface area contributed by atoms with Crippen LogP contribution in [0.5, 0.6) is 5.75 Å². The van der Waals surface area contributed by atoms with E-state index < -0.39 is 5.82 Å². The summed E-state index contributed by atoms with van der Waals surface area (Å²) in [6.07, 6.45) is 5.45. The Hall–Kier alpha value is -1.78. The van der Waals surface area contributed by atoms with E-state index in [2.05, 4.69) is 18.8 Å². The Bertz CT molecular complexity index is 609. The largest absolute Gasteiger partial charge is 0.494 e. The maximum Gasteiger partial charge on any atom is 0.201 e. The second kappa shape index (κ2) is 6.78. The number of imidazole rings is 1. The monoisotopic (exact) mass is 293 g/mol. The van der Waals surface area contributed by atoms with Crippen molar-refractivity contribution >= 4 is 17.0 Å². The Labute approximate surface area is 125 Å². The van der Waals surface area contributed by atoms with E-state index in [1.54, 1.807) is 6.07 Å². The first kappa shape index (κ1) is 15.6.